The maximum atomic E-state index is 12.5. The highest BCUT2D eigenvalue weighted by Crippen LogP contribution is 2.30. The highest BCUT2D eigenvalue weighted by molar-refractivity contribution is 8.00. The van der Waals surface area contributed by atoms with E-state index in [1.165, 1.54) is 17.3 Å². The van der Waals surface area contributed by atoms with Crippen molar-refractivity contribution in [1.29, 1.82) is 0 Å². The Hall–Kier alpha value is -2.33. The lowest BCUT2D eigenvalue weighted by Crippen LogP contribution is -2.22. The van der Waals surface area contributed by atoms with Crippen molar-refractivity contribution in [1.82, 2.24) is 4.98 Å². The Labute approximate surface area is 146 Å². The lowest BCUT2D eigenvalue weighted by Gasteiger charge is -2.13. The van der Waals surface area contributed by atoms with Crippen LogP contribution in [-0.4, -0.2) is 16.1 Å². The molecule has 1 atom stereocenters. The molecule has 24 heavy (non-hydrogen) atoms. The molecular formula is C20H20N2OS. The minimum Gasteiger partial charge on any atom is -0.325 e. The van der Waals surface area contributed by atoms with Gasteiger partial charge in [0.15, 0.2) is 0 Å². The number of nitrogens with zero attached hydrogens (tertiary/aromatic N) is 1. The molecule has 0 aliphatic carbocycles. The van der Waals surface area contributed by atoms with Crippen LogP contribution in [0.2, 0.25) is 0 Å². The van der Waals surface area contributed by atoms with Crippen molar-refractivity contribution < 1.29 is 4.79 Å². The second-order valence-corrected chi connectivity index (χ2v) is 7.01. The third kappa shape index (κ3) is 3.77. The second-order valence-electron chi connectivity index (χ2n) is 5.63. The Bertz CT molecular complexity index is 840. The minimum atomic E-state index is -0.205. The molecule has 0 fully saturated rings. The lowest BCUT2D eigenvalue weighted by molar-refractivity contribution is -0.115. The minimum absolute atomic E-state index is 0.00261. The maximum absolute atomic E-state index is 12.5. The van der Waals surface area contributed by atoms with Gasteiger partial charge in [0.25, 0.3) is 0 Å². The topological polar surface area (TPSA) is 42.0 Å². The quantitative estimate of drug-likeness (QED) is 0.673. The summed E-state index contributed by atoms with van der Waals surface area (Å²) in [6.45, 7) is 4.03. The molecule has 1 N–H and O–H groups in total. The van der Waals surface area contributed by atoms with Crippen LogP contribution in [0.3, 0.4) is 0 Å². The first-order valence-corrected chi connectivity index (χ1v) is 8.95. The van der Waals surface area contributed by atoms with Crippen LogP contribution in [0.5, 0.6) is 0 Å². The number of aromatic nitrogens is 1. The van der Waals surface area contributed by atoms with E-state index in [0.29, 0.717) is 0 Å². The lowest BCUT2D eigenvalue weighted by atomic mass is 10.1. The number of nitrogens with one attached hydrogen (secondary N) is 1. The summed E-state index contributed by atoms with van der Waals surface area (Å²) in [6.07, 6.45) is 2.78. The molecule has 4 heteroatoms. The number of rotatable bonds is 5. The summed E-state index contributed by atoms with van der Waals surface area (Å²) in [5.74, 6) is -0.00261. The van der Waals surface area contributed by atoms with Crippen LogP contribution in [0.1, 0.15) is 19.4 Å². The number of benzene rings is 2. The molecule has 0 aliphatic rings. The van der Waals surface area contributed by atoms with E-state index in [1.54, 1.807) is 6.20 Å². The van der Waals surface area contributed by atoms with Gasteiger partial charge >= 0.3 is 0 Å². The first-order chi connectivity index (χ1) is 11.7. The van der Waals surface area contributed by atoms with Gasteiger partial charge in [-0.2, -0.15) is 0 Å². The van der Waals surface area contributed by atoms with Crippen LogP contribution in [0, 0.1) is 0 Å². The average molecular weight is 336 g/mol. The molecule has 1 unspecified atom stereocenters. The van der Waals surface area contributed by atoms with Gasteiger partial charge in [-0.1, -0.05) is 37.3 Å². The Morgan fingerprint density at radius 1 is 1.12 bits per heavy atom. The predicted octanol–water partition coefficient (Wildman–Crippen LogP) is 4.92. The molecule has 1 amide bonds. The van der Waals surface area contributed by atoms with Crippen molar-refractivity contribution in [3.8, 4) is 0 Å². The van der Waals surface area contributed by atoms with Gasteiger partial charge < -0.3 is 5.32 Å². The van der Waals surface area contributed by atoms with E-state index < -0.39 is 0 Å². The van der Waals surface area contributed by atoms with Gasteiger partial charge in [-0.3, -0.25) is 9.78 Å². The van der Waals surface area contributed by atoms with Crippen molar-refractivity contribution in [2.75, 3.05) is 5.32 Å². The molecular weight excluding hydrogens is 316 g/mol. The van der Waals surface area contributed by atoms with E-state index in [1.807, 2.05) is 61.5 Å². The SMILES string of the molecule is CCc1ccc(NC(=O)C(C)Sc2cccc3cccnc23)cc1. The molecule has 0 radical (unpaired) electrons. The number of aryl methyl sites for hydroxylation is 1. The zero-order valence-corrected chi connectivity index (χ0v) is 14.6. The molecule has 3 nitrogen and oxygen atoms in total. The number of carbonyl (C=O) groups is 1. The van der Waals surface area contributed by atoms with Crippen molar-refractivity contribution in [3.05, 3.63) is 66.4 Å². The van der Waals surface area contributed by atoms with Gasteiger partial charge in [0.05, 0.1) is 10.8 Å². The van der Waals surface area contributed by atoms with E-state index in [0.717, 1.165) is 27.9 Å². The number of pyridine rings is 1. The van der Waals surface area contributed by atoms with Gasteiger partial charge in [0.2, 0.25) is 5.91 Å². The van der Waals surface area contributed by atoms with Gasteiger partial charge in [-0.15, -0.1) is 11.8 Å². The van der Waals surface area contributed by atoms with Gasteiger partial charge in [-0.25, -0.2) is 0 Å². The molecule has 0 bridgehead atoms. The number of anilines is 1. The maximum Gasteiger partial charge on any atom is 0.237 e. The Morgan fingerprint density at radius 3 is 2.62 bits per heavy atom. The van der Waals surface area contributed by atoms with Crippen LogP contribution in [0.25, 0.3) is 10.9 Å². The van der Waals surface area contributed by atoms with Crippen molar-refractivity contribution in [3.63, 3.8) is 0 Å². The Kier molecular flexibility index (Phi) is 5.16. The number of fused-ring (bicyclic) bond motifs is 1. The number of thioether (sulfide) groups is 1. The summed E-state index contributed by atoms with van der Waals surface area (Å²) >= 11 is 1.53. The van der Waals surface area contributed by atoms with Crippen LogP contribution in [0.15, 0.2) is 65.7 Å². The largest absolute Gasteiger partial charge is 0.325 e. The van der Waals surface area contributed by atoms with E-state index in [2.05, 4.69) is 17.2 Å². The average Bonchev–Trinajstić information content (AvgIpc) is 2.62. The van der Waals surface area contributed by atoms with Crippen LogP contribution in [0.4, 0.5) is 5.69 Å². The van der Waals surface area contributed by atoms with E-state index >= 15 is 0 Å². The summed E-state index contributed by atoms with van der Waals surface area (Å²) in [6, 6.07) is 18.0. The summed E-state index contributed by atoms with van der Waals surface area (Å²) in [4.78, 5) is 17.9. The normalized spacial score (nSPS) is 12.1. The first kappa shape index (κ1) is 16.5. The van der Waals surface area contributed by atoms with Crippen molar-refractivity contribution >= 4 is 34.3 Å². The predicted molar refractivity (Wildman–Crippen MR) is 102 cm³/mol. The summed E-state index contributed by atoms with van der Waals surface area (Å²) in [7, 11) is 0. The third-order valence-electron chi connectivity index (χ3n) is 3.90. The van der Waals surface area contributed by atoms with Gasteiger partial charge in [-0.05, 0) is 43.2 Å². The zero-order valence-electron chi connectivity index (χ0n) is 13.8. The number of carbonyl (C=O) groups excluding carboxylic acids is 1. The molecule has 3 rings (SSSR count). The smallest absolute Gasteiger partial charge is 0.237 e. The molecule has 0 saturated heterocycles. The zero-order chi connectivity index (χ0) is 16.9. The standard InChI is InChI=1S/C20H20N2OS/c1-3-15-9-11-17(12-10-15)22-20(23)14(2)24-18-8-4-6-16-7-5-13-21-19(16)18/h4-14H,3H2,1-2H3,(H,22,23). The van der Waals surface area contributed by atoms with Crippen LogP contribution < -0.4 is 5.32 Å². The summed E-state index contributed by atoms with van der Waals surface area (Å²) in [5.41, 5.74) is 3.04. The van der Waals surface area contributed by atoms with Gasteiger partial charge in [0, 0.05) is 22.2 Å². The molecule has 0 aliphatic heterocycles. The molecule has 1 heterocycles. The Balaban J connectivity index is 1.71. The summed E-state index contributed by atoms with van der Waals surface area (Å²) < 4.78 is 0. The first-order valence-electron chi connectivity index (χ1n) is 8.07. The highest BCUT2D eigenvalue weighted by atomic mass is 32.2. The number of hydrogen-bond acceptors (Lipinski definition) is 3. The summed E-state index contributed by atoms with van der Waals surface area (Å²) in [5, 5.41) is 3.86. The number of para-hydroxylation sites is 1. The monoisotopic (exact) mass is 336 g/mol. The van der Waals surface area contributed by atoms with Crippen molar-refractivity contribution in [2.45, 2.75) is 30.4 Å². The number of hydrogen-bond donors (Lipinski definition) is 1. The van der Waals surface area contributed by atoms with Gasteiger partial charge in [0.1, 0.15) is 0 Å². The fourth-order valence-electron chi connectivity index (χ4n) is 2.48. The Morgan fingerprint density at radius 2 is 1.88 bits per heavy atom. The van der Waals surface area contributed by atoms with Crippen LogP contribution in [-0.2, 0) is 11.2 Å². The highest BCUT2D eigenvalue weighted by Gasteiger charge is 2.16. The molecule has 3 aromatic rings. The fourth-order valence-corrected chi connectivity index (χ4v) is 3.47. The van der Waals surface area contributed by atoms with E-state index in [4.69, 9.17) is 0 Å². The molecule has 0 spiro atoms. The third-order valence-corrected chi connectivity index (χ3v) is 5.05. The van der Waals surface area contributed by atoms with Crippen molar-refractivity contribution in [2.24, 2.45) is 0 Å². The molecule has 122 valence electrons. The van der Waals surface area contributed by atoms with E-state index in [9.17, 15) is 4.79 Å². The van der Waals surface area contributed by atoms with Crippen LogP contribution >= 0.6 is 11.8 Å². The number of amides is 1. The molecule has 2 aromatic carbocycles. The van der Waals surface area contributed by atoms with E-state index in [-0.39, 0.29) is 11.2 Å². The fraction of sp³-hybridized carbons (Fsp3) is 0.200. The molecule has 0 saturated carbocycles. The molecule has 1 aromatic heterocycles. The second kappa shape index (κ2) is 7.49.